The number of pyridine rings is 1. The molecular weight excluding hydrogens is 682 g/mol. The van der Waals surface area contributed by atoms with Crippen molar-refractivity contribution in [2.75, 3.05) is 57.8 Å². The minimum atomic E-state index is -0.493. The van der Waals surface area contributed by atoms with Gasteiger partial charge in [-0.15, -0.1) is 5.53 Å². The number of piperazine rings is 1. The predicted molar refractivity (Wildman–Crippen MR) is 196 cm³/mol. The van der Waals surface area contributed by atoms with Gasteiger partial charge in [0.05, 0.1) is 30.7 Å². The molecule has 53 heavy (non-hydrogen) atoms. The Hall–Kier alpha value is -6.22. The van der Waals surface area contributed by atoms with Gasteiger partial charge >= 0.3 is 0 Å². The lowest BCUT2D eigenvalue weighted by Gasteiger charge is -2.35. The summed E-state index contributed by atoms with van der Waals surface area (Å²) in [6.45, 7) is 2.94. The molecule has 0 bridgehead atoms. The highest BCUT2D eigenvalue weighted by atomic mass is 19.1. The number of rotatable bonds is 9. The number of aromatic nitrogens is 4. The van der Waals surface area contributed by atoms with Crippen molar-refractivity contribution in [1.29, 1.82) is 0 Å². The average Bonchev–Trinajstić information content (AvgIpc) is 4.00. The van der Waals surface area contributed by atoms with Crippen LogP contribution in [-0.2, 0) is 4.79 Å². The molecule has 8 rings (SSSR count). The zero-order valence-corrected chi connectivity index (χ0v) is 29.1. The van der Waals surface area contributed by atoms with Crippen molar-refractivity contribution in [2.45, 2.75) is 12.8 Å². The van der Waals surface area contributed by atoms with Crippen molar-refractivity contribution in [1.82, 2.24) is 45.5 Å². The number of carbonyl (C=O) groups excluding carboxylic acids is 2. The SMILES string of the molecule is COc1cc(F)cnc1N1CCN(C(=O)c2cc3c(-c4cnn(-c5ccccc5)c4)cc(C4=CCCN(C(=O)CCN5C=CNN5)C4)c(F)c3[nH]2)CC1. The van der Waals surface area contributed by atoms with Crippen LogP contribution in [0.3, 0.4) is 0 Å². The van der Waals surface area contributed by atoms with Crippen LogP contribution in [0.25, 0.3) is 33.3 Å². The molecule has 3 aromatic heterocycles. The Balaban J connectivity index is 1.09. The molecule has 272 valence electrons. The minimum absolute atomic E-state index is 0.0231. The Morgan fingerprint density at radius 3 is 2.57 bits per heavy atom. The number of nitrogens with one attached hydrogen (secondary N) is 3. The number of anilines is 1. The lowest BCUT2D eigenvalue weighted by Crippen LogP contribution is -2.49. The van der Waals surface area contributed by atoms with Gasteiger partial charge in [0.15, 0.2) is 17.4 Å². The quantitative estimate of drug-likeness (QED) is 0.202. The Kier molecular flexibility index (Phi) is 9.22. The van der Waals surface area contributed by atoms with Crippen LogP contribution in [0, 0.1) is 11.6 Å². The van der Waals surface area contributed by atoms with E-state index in [9.17, 15) is 14.0 Å². The number of amides is 2. The number of carbonyl (C=O) groups is 2. The number of para-hydroxylation sites is 1. The summed E-state index contributed by atoms with van der Waals surface area (Å²) < 4.78 is 37.6. The first-order valence-electron chi connectivity index (χ1n) is 17.5. The predicted octanol–water partition coefficient (Wildman–Crippen LogP) is 4.47. The van der Waals surface area contributed by atoms with Crippen LogP contribution in [0.5, 0.6) is 5.75 Å². The second-order valence-electron chi connectivity index (χ2n) is 13.1. The minimum Gasteiger partial charge on any atom is -0.493 e. The Morgan fingerprint density at radius 2 is 1.79 bits per heavy atom. The molecule has 3 aliphatic heterocycles. The van der Waals surface area contributed by atoms with Gasteiger partial charge in [0.2, 0.25) is 5.91 Å². The fourth-order valence-electron chi connectivity index (χ4n) is 7.07. The largest absolute Gasteiger partial charge is 0.493 e. The molecule has 0 unspecified atom stereocenters. The lowest BCUT2D eigenvalue weighted by atomic mass is 9.94. The van der Waals surface area contributed by atoms with Gasteiger partial charge in [-0.05, 0) is 41.8 Å². The van der Waals surface area contributed by atoms with Crippen LogP contribution in [-0.4, -0.2) is 99.3 Å². The first kappa shape index (κ1) is 33.9. The number of methoxy groups -OCH3 is 1. The van der Waals surface area contributed by atoms with E-state index in [-0.39, 0.29) is 29.6 Å². The number of nitrogens with zero attached hydrogens (tertiary/aromatic N) is 7. The fourth-order valence-corrected chi connectivity index (χ4v) is 7.07. The first-order chi connectivity index (χ1) is 25.9. The van der Waals surface area contributed by atoms with Crippen molar-refractivity contribution in [3.8, 4) is 22.6 Å². The van der Waals surface area contributed by atoms with E-state index in [0.717, 1.165) is 17.4 Å². The van der Waals surface area contributed by atoms with E-state index in [1.807, 2.05) is 53.7 Å². The molecule has 3 N–H and O–H groups in total. The molecule has 1 saturated heterocycles. The molecule has 3 aliphatic rings. The molecular formula is C38H38F2N10O3. The van der Waals surface area contributed by atoms with E-state index >= 15 is 4.39 Å². The smallest absolute Gasteiger partial charge is 0.270 e. The normalized spacial score (nSPS) is 15.9. The van der Waals surface area contributed by atoms with E-state index in [1.54, 1.807) is 44.0 Å². The maximum Gasteiger partial charge on any atom is 0.270 e. The monoisotopic (exact) mass is 720 g/mol. The number of benzene rings is 2. The molecule has 2 amide bonds. The maximum absolute atomic E-state index is 16.8. The molecule has 0 spiro atoms. The number of ether oxygens (including phenoxy) is 1. The highest BCUT2D eigenvalue weighted by molar-refractivity contribution is 6.04. The molecule has 13 nitrogen and oxygen atoms in total. The average molecular weight is 721 g/mol. The van der Waals surface area contributed by atoms with Crippen molar-refractivity contribution in [3.63, 3.8) is 0 Å². The number of fused-ring (bicyclic) bond motifs is 1. The van der Waals surface area contributed by atoms with Gasteiger partial charge < -0.3 is 29.8 Å². The van der Waals surface area contributed by atoms with Crippen LogP contribution < -0.4 is 20.6 Å². The number of hydrogen-bond donors (Lipinski definition) is 3. The summed E-state index contributed by atoms with van der Waals surface area (Å²) in [5.74, 6) is -0.437. The van der Waals surface area contributed by atoms with Crippen LogP contribution in [0.15, 0.2) is 85.6 Å². The second-order valence-corrected chi connectivity index (χ2v) is 13.1. The second kappa shape index (κ2) is 14.4. The lowest BCUT2D eigenvalue weighted by molar-refractivity contribution is -0.131. The fraction of sp³-hybridized carbons (Fsp3) is 0.263. The van der Waals surface area contributed by atoms with E-state index in [1.165, 1.54) is 13.2 Å². The number of H-pyrrole nitrogens is 1. The summed E-state index contributed by atoms with van der Waals surface area (Å²) in [6.07, 6.45) is 11.2. The highest BCUT2D eigenvalue weighted by Crippen LogP contribution is 2.37. The van der Waals surface area contributed by atoms with Crippen molar-refractivity contribution in [2.24, 2.45) is 0 Å². The molecule has 0 atom stereocenters. The molecule has 0 saturated carbocycles. The molecule has 2 aromatic carbocycles. The van der Waals surface area contributed by atoms with E-state index in [2.05, 4.69) is 26.0 Å². The first-order valence-corrected chi connectivity index (χ1v) is 17.5. The van der Waals surface area contributed by atoms with Crippen LogP contribution in [0.4, 0.5) is 14.6 Å². The van der Waals surface area contributed by atoms with Gasteiger partial charge in [0, 0.05) is 93.4 Å². The molecule has 6 heterocycles. The van der Waals surface area contributed by atoms with E-state index < -0.39 is 11.6 Å². The molecule has 1 fully saturated rings. The zero-order chi connectivity index (χ0) is 36.5. The van der Waals surface area contributed by atoms with Gasteiger partial charge in [-0.25, -0.2) is 18.4 Å². The van der Waals surface area contributed by atoms with Gasteiger partial charge in [-0.2, -0.15) is 5.10 Å². The zero-order valence-electron chi connectivity index (χ0n) is 29.1. The van der Waals surface area contributed by atoms with Crippen molar-refractivity contribution < 1.29 is 23.1 Å². The van der Waals surface area contributed by atoms with Gasteiger partial charge in [-0.1, -0.05) is 24.3 Å². The van der Waals surface area contributed by atoms with Gasteiger partial charge in [0.25, 0.3) is 5.91 Å². The van der Waals surface area contributed by atoms with Crippen LogP contribution in [0.1, 0.15) is 28.9 Å². The summed E-state index contributed by atoms with van der Waals surface area (Å²) in [4.78, 5) is 40.0. The third-order valence-electron chi connectivity index (χ3n) is 9.85. The number of halogens is 2. The topological polar surface area (TPSA) is 127 Å². The van der Waals surface area contributed by atoms with Crippen molar-refractivity contribution >= 4 is 34.1 Å². The molecule has 5 aromatic rings. The Morgan fingerprint density at radius 1 is 0.962 bits per heavy atom. The maximum atomic E-state index is 16.8. The summed E-state index contributed by atoms with van der Waals surface area (Å²) >= 11 is 0. The third-order valence-corrected chi connectivity index (χ3v) is 9.85. The van der Waals surface area contributed by atoms with Crippen molar-refractivity contribution in [3.05, 3.63) is 108 Å². The Bertz CT molecular complexity index is 2230. The summed E-state index contributed by atoms with van der Waals surface area (Å²) in [5, 5.41) is 6.94. The van der Waals surface area contributed by atoms with Gasteiger partial charge in [-0.3, -0.25) is 14.6 Å². The molecule has 15 heteroatoms. The van der Waals surface area contributed by atoms with Crippen LogP contribution in [0.2, 0.25) is 0 Å². The standard InChI is InChI=1S/C38H38F2N10O3/c1-53-33-18-27(39)22-41-37(33)46-14-16-47(17-15-46)38(52)32-20-31-29(26-21-43-50(24-26)28-7-3-2-4-8-28)19-30(35(40)36(31)44-32)25-6-5-11-48(23-25)34(51)9-12-49-13-10-42-45-49/h2-4,6-8,10,13,18-22,24,42,44-45H,5,9,11-12,14-17,23H2,1H3. The molecule has 0 radical (unpaired) electrons. The third kappa shape index (κ3) is 6.78. The van der Waals surface area contributed by atoms with E-state index in [0.29, 0.717) is 85.8 Å². The number of hydrogen-bond acceptors (Lipinski definition) is 9. The summed E-state index contributed by atoms with van der Waals surface area (Å²) in [6, 6.07) is 14.5. The highest BCUT2D eigenvalue weighted by Gasteiger charge is 2.29. The number of hydrazine groups is 2. The van der Waals surface area contributed by atoms with Gasteiger partial charge in [0.1, 0.15) is 11.5 Å². The Labute approximate surface area is 304 Å². The van der Waals surface area contributed by atoms with Crippen LogP contribution >= 0.6 is 0 Å². The number of aromatic amines is 1. The molecule has 0 aliphatic carbocycles. The summed E-state index contributed by atoms with van der Waals surface area (Å²) in [5.41, 5.74) is 9.64. The van der Waals surface area contributed by atoms with E-state index in [4.69, 9.17) is 4.74 Å². The summed E-state index contributed by atoms with van der Waals surface area (Å²) in [7, 11) is 1.46.